The Bertz CT molecular complexity index is 414. The van der Waals surface area contributed by atoms with E-state index in [0.29, 0.717) is 31.1 Å². The molecule has 6 heteroatoms. The monoisotopic (exact) mass is 253 g/mol. The van der Waals surface area contributed by atoms with Crippen LogP contribution >= 0.6 is 0 Å². The van der Waals surface area contributed by atoms with Crippen molar-refractivity contribution in [1.29, 1.82) is 0 Å². The first-order valence-corrected chi connectivity index (χ1v) is 6.02. The van der Waals surface area contributed by atoms with Crippen LogP contribution in [0.5, 0.6) is 0 Å². The maximum absolute atomic E-state index is 11.5. The van der Waals surface area contributed by atoms with Gasteiger partial charge in [-0.1, -0.05) is 12.1 Å². The molecule has 6 nitrogen and oxygen atoms in total. The van der Waals surface area contributed by atoms with E-state index in [4.69, 9.17) is 4.52 Å². The van der Waals surface area contributed by atoms with Gasteiger partial charge in [0.2, 0.25) is 11.8 Å². The number of carbonyl (C=O) groups is 2. The highest BCUT2D eigenvalue weighted by molar-refractivity contribution is 5.90. The number of nitrogens with zero attached hydrogens (tertiary/aromatic N) is 2. The molecule has 18 heavy (non-hydrogen) atoms. The van der Waals surface area contributed by atoms with Gasteiger partial charge in [-0.15, -0.1) is 0 Å². The van der Waals surface area contributed by atoms with Crippen LogP contribution in [0.25, 0.3) is 0 Å². The molecule has 0 aliphatic heterocycles. The van der Waals surface area contributed by atoms with Gasteiger partial charge in [0.1, 0.15) is 5.76 Å². The minimum absolute atomic E-state index is 0.00247. The van der Waals surface area contributed by atoms with E-state index in [1.165, 1.54) is 11.8 Å². The van der Waals surface area contributed by atoms with Crippen LogP contribution in [0.3, 0.4) is 0 Å². The van der Waals surface area contributed by atoms with Gasteiger partial charge >= 0.3 is 0 Å². The second kappa shape index (κ2) is 6.78. The summed E-state index contributed by atoms with van der Waals surface area (Å²) in [4.78, 5) is 24.2. The van der Waals surface area contributed by atoms with E-state index in [1.54, 1.807) is 13.0 Å². The van der Waals surface area contributed by atoms with Crippen molar-refractivity contribution in [3.8, 4) is 0 Å². The molecule has 0 saturated heterocycles. The molecule has 1 N–H and O–H groups in total. The summed E-state index contributed by atoms with van der Waals surface area (Å²) in [5.74, 6) is 0.987. The molecule has 1 aromatic rings. The van der Waals surface area contributed by atoms with Gasteiger partial charge in [0.05, 0.1) is 0 Å². The zero-order chi connectivity index (χ0) is 13.5. The average molecular weight is 253 g/mol. The summed E-state index contributed by atoms with van der Waals surface area (Å²) in [5, 5.41) is 6.54. The molecule has 2 amide bonds. The zero-order valence-electron chi connectivity index (χ0n) is 11.0. The fraction of sp³-hybridized carbons (Fsp3) is 0.583. The molecular formula is C12H19N3O3. The molecule has 0 fully saturated rings. The van der Waals surface area contributed by atoms with E-state index in [-0.39, 0.29) is 11.8 Å². The molecule has 100 valence electrons. The van der Waals surface area contributed by atoms with E-state index in [2.05, 4.69) is 10.5 Å². The topological polar surface area (TPSA) is 75.4 Å². The van der Waals surface area contributed by atoms with Crippen molar-refractivity contribution in [1.82, 2.24) is 10.5 Å². The molecule has 0 aromatic carbocycles. The Hall–Kier alpha value is -1.85. The molecule has 0 spiro atoms. The molecule has 0 aliphatic carbocycles. The summed E-state index contributed by atoms with van der Waals surface area (Å²) in [6, 6.07) is 1.69. The van der Waals surface area contributed by atoms with E-state index < -0.39 is 0 Å². The van der Waals surface area contributed by atoms with Gasteiger partial charge in [0, 0.05) is 32.5 Å². The first kappa shape index (κ1) is 14.2. The third-order valence-electron chi connectivity index (χ3n) is 2.41. The summed E-state index contributed by atoms with van der Waals surface area (Å²) in [6.45, 7) is 5.95. The lowest BCUT2D eigenvalue weighted by Gasteiger charge is -2.17. The smallest absolute Gasteiger partial charge is 0.225 e. The largest absolute Gasteiger partial charge is 0.360 e. The lowest BCUT2D eigenvalue weighted by molar-refractivity contribution is -0.121. The third kappa shape index (κ3) is 4.20. The van der Waals surface area contributed by atoms with Crippen LogP contribution in [0, 0.1) is 6.92 Å². The Morgan fingerprint density at radius 3 is 2.72 bits per heavy atom. The summed E-state index contributed by atoms with van der Waals surface area (Å²) in [7, 11) is 0. The van der Waals surface area contributed by atoms with Crippen LogP contribution in [-0.4, -0.2) is 30.1 Å². The SMILES string of the molecule is CCCC(=O)NCCN(C(C)=O)c1cc(C)on1. The van der Waals surface area contributed by atoms with Gasteiger partial charge in [-0.05, 0) is 13.3 Å². The van der Waals surface area contributed by atoms with Crippen LogP contribution in [0.4, 0.5) is 5.82 Å². The second-order valence-electron chi connectivity index (χ2n) is 4.07. The molecule has 0 radical (unpaired) electrons. The van der Waals surface area contributed by atoms with Gasteiger partial charge in [0.25, 0.3) is 0 Å². The molecule has 0 aliphatic rings. The maximum atomic E-state index is 11.5. The Balaban J connectivity index is 2.50. The fourth-order valence-electron chi connectivity index (χ4n) is 1.54. The van der Waals surface area contributed by atoms with Crippen molar-refractivity contribution >= 4 is 17.6 Å². The maximum Gasteiger partial charge on any atom is 0.225 e. The van der Waals surface area contributed by atoms with E-state index in [9.17, 15) is 9.59 Å². The molecule has 1 heterocycles. The summed E-state index contributed by atoms with van der Waals surface area (Å²) in [6.07, 6.45) is 1.31. The highest BCUT2D eigenvalue weighted by Gasteiger charge is 2.15. The zero-order valence-corrected chi connectivity index (χ0v) is 11.0. The van der Waals surface area contributed by atoms with Crippen molar-refractivity contribution in [3.63, 3.8) is 0 Å². The van der Waals surface area contributed by atoms with Crippen molar-refractivity contribution in [2.24, 2.45) is 0 Å². The predicted octanol–water partition coefficient (Wildman–Crippen LogP) is 1.25. The van der Waals surface area contributed by atoms with Crippen LogP contribution in [-0.2, 0) is 9.59 Å². The number of aromatic nitrogens is 1. The van der Waals surface area contributed by atoms with Gasteiger partial charge in [-0.2, -0.15) is 0 Å². The summed E-state index contributed by atoms with van der Waals surface area (Å²) >= 11 is 0. The van der Waals surface area contributed by atoms with Crippen molar-refractivity contribution < 1.29 is 14.1 Å². The normalized spacial score (nSPS) is 10.2. The first-order valence-electron chi connectivity index (χ1n) is 6.02. The van der Waals surface area contributed by atoms with Gasteiger partial charge in [-0.3, -0.25) is 14.5 Å². The number of nitrogens with one attached hydrogen (secondary N) is 1. The lowest BCUT2D eigenvalue weighted by Crippen LogP contribution is -2.37. The average Bonchev–Trinajstić information content (AvgIpc) is 2.71. The molecule has 1 rings (SSSR count). The van der Waals surface area contributed by atoms with Crippen molar-refractivity contribution in [3.05, 3.63) is 11.8 Å². The van der Waals surface area contributed by atoms with E-state index in [1.807, 2.05) is 6.92 Å². The van der Waals surface area contributed by atoms with Crippen LogP contribution < -0.4 is 10.2 Å². The molecule has 1 aromatic heterocycles. The fourth-order valence-corrected chi connectivity index (χ4v) is 1.54. The molecular weight excluding hydrogens is 234 g/mol. The van der Waals surface area contributed by atoms with Crippen LogP contribution in [0.15, 0.2) is 10.6 Å². The number of aryl methyl sites for hydroxylation is 1. The molecule has 0 bridgehead atoms. The number of hydrogen-bond donors (Lipinski definition) is 1. The number of anilines is 1. The van der Waals surface area contributed by atoms with Gasteiger partial charge in [-0.25, -0.2) is 0 Å². The Kier molecular flexibility index (Phi) is 5.35. The standard InChI is InChI=1S/C12H19N3O3/c1-4-5-12(17)13-6-7-15(10(3)16)11-8-9(2)18-14-11/h8H,4-7H2,1-3H3,(H,13,17). The van der Waals surface area contributed by atoms with Gasteiger partial charge in [0.15, 0.2) is 5.82 Å². The summed E-state index contributed by atoms with van der Waals surface area (Å²) in [5.41, 5.74) is 0. The highest BCUT2D eigenvalue weighted by atomic mass is 16.5. The van der Waals surface area contributed by atoms with Crippen LogP contribution in [0.1, 0.15) is 32.4 Å². The van der Waals surface area contributed by atoms with E-state index >= 15 is 0 Å². The Morgan fingerprint density at radius 2 is 2.22 bits per heavy atom. The quantitative estimate of drug-likeness (QED) is 0.828. The Labute approximate surface area is 106 Å². The Morgan fingerprint density at radius 1 is 1.50 bits per heavy atom. The second-order valence-corrected chi connectivity index (χ2v) is 4.07. The molecule has 0 atom stereocenters. The van der Waals surface area contributed by atoms with Crippen molar-refractivity contribution in [2.45, 2.75) is 33.6 Å². The number of amides is 2. The minimum Gasteiger partial charge on any atom is -0.360 e. The number of carbonyl (C=O) groups excluding carboxylic acids is 2. The predicted molar refractivity (Wildman–Crippen MR) is 67.2 cm³/mol. The number of rotatable bonds is 6. The lowest BCUT2D eigenvalue weighted by atomic mass is 10.3. The number of hydrogen-bond acceptors (Lipinski definition) is 4. The highest BCUT2D eigenvalue weighted by Crippen LogP contribution is 2.13. The summed E-state index contributed by atoms with van der Waals surface area (Å²) < 4.78 is 4.93. The van der Waals surface area contributed by atoms with E-state index in [0.717, 1.165) is 6.42 Å². The third-order valence-corrected chi connectivity index (χ3v) is 2.41. The first-order chi connectivity index (χ1) is 8.54. The molecule has 0 unspecified atom stereocenters. The minimum atomic E-state index is -0.131. The van der Waals surface area contributed by atoms with Crippen LogP contribution in [0.2, 0.25) is 0 Å². The molecule has 0 saturated carbocycles. The van der Waals surface area contributed by atoms with Crippen molar-refractivity contribution in [2.75, 3.05) is 18.0 Å². The van der Waals surface area contributed by atoms with Gasteiger partial charge < -0.3 is 9.84 Å².